The maximum absolute atomic E-state index is 14.6. The first kappa shape index (κ1) is 24.2. The van der Waals surface area contributed by atoms with E-state index in [4.69, 9.17) is 14.0 Å². The zero-order valence-electron chi connectivity index (χ0n) is 20.5. The van der Waals surface area contributed by atoms with E-state index in [0.717, 1.165) is 27.8 Å². The number of nitrogens with zero attached hydrogens (tertiary/aromatic N) is 1. The number of aromatic nitrogens is 1. The predicted octanol–water partition coefficient (Wildman–Crippen LogP) is 7.15. The summed E-state index contributed by atoms with van der Waals surface area (Å²) in [4.78, 5) is 11.8. The van der Waals surface area contributed by atoms with E-state index < -0.39 is 17.4 Å². The molecule has 0 aliphatic heterocycles. The van der Waals surface area contributed by atoms with Crippen molar-refractivity contribution >= 4 is 5.97 Å². The van der Waals surface area contributed by atoms with Crippen molar-refractivity contribution in [1.82, 2.24) is 5.16 Å². The summed E-state index contributed by atoms with van der Waals surface area (Å²) >= 11 is 0. The molecule has 3 aromatic carbocycles. The van der Waals surface area contributed by atoms with E-state index in [1.54, 1.807) is 32.9 Å². The molecule has 180 valence electrons. The van der Waals surface area contributed by atoms with E-state index in [0.29, 0.717) is 17.0 Å². The van der Waals surface area contributed by atoms with Crippen LogP contribution in [0.25, 0.3) is 33.7 Å². The molecule has 0 radical (unpaired) electrons. The molecule has 35 heavy (non-hydrogen) atoms. The largest absolute Gasteiger partial charge is 0.479 e. The molecule has 1 heterocycles. The Morgan fingerprint density at radius 1 is 0.914 bits per heavy atom. The standard InChI is InChI=1S/C29H28FNO4/c1-18-19(2)23(13-12-22(18)20-9-7-6-8-10-20)27-16-25(31-35-27)21-11-14-26(24(30)15-21)33-17-28(32)34-29(3,4)5/h6-16H,17H2,1-5H3. The SMILES string of the molecule is Cc1c(-c2ccccc2)ccc(-c2cc(-c3ccc(OCC(=O)OC(C)(C)C)c(F)c3)no2)c1C. The second-order valence-electron chi connectivity index (χ2n) is 9.37. The number of carbonyl (C=O) groups is 1. The molecule has 6 heteroatoms. The highest BCUT2D eigenvalue weighted by molar-refractivity contribution is 5.76. The second kappa shape index (κ2) is 9.74. The van der Waals surface area contributed by atoms with Crippen molar-refractivity contribution < 1.29 is 23.2 Å². The molecule has 0 aliphatic carbocycles. The van der Waals surface area contributed by atoms with Crippen LogP contribution >= 0.6 is 0 Å². The van der Waals surface area contributed by atoms with Crippen LogP contribution in [0.5, 0.6) is 5.75 Å². The summed E-state index contributed by atoms with van der Waals surface area (Å²) in [6.45, 7) is 9.03. The van der Waals surface area contributed by atoms with E-state index in [-0.39, 0.29) is 12.4 Å². The Morgan fingerprint density at radius 3 is 2.29 bits per heavy atom. The second-order valence-corrected chi connectivity index (χ2v) is 9.37. The van der Waals surface area contributed by atoms with Gasteiger partial charge in [0.15, 0.2) is 23.9 Å². The molecule has 0 saturated carbocycles. The smallest absolute Gasteiger partial charge is 0.344 e. The van der Waals surface area contributed by atoms with Gasteiger partial charge < -0.3 is 14.0 Å². The third-order valence-corrected chi connectivity index (χ3v) is 5.64. The zero-order chi connectivity index (χ0) is 25.2. The zero-order valence-corrected chi connectivity index (χ0v) is 20.5. The van der Waals surface area contributed by atoms with Crippen molar-refractivity contribution in [3.05, 3.63) is 83.7 Å². The van der Waals surface area contributed by atoms with Gasteiger partial charge >= 0.3 is 5.97 Å². The Morgan fingerprint density at radius 2 is 1.60 bits per heavy atom. The number of carbonyl (C=O) groups excluding carboxylic acids is 1. The lowest BCUT2D eigenvalue weighted by molar-refractivity contribution is -0.157. The monoisotopic (exact) mass is 473 g/mol. The van der Waals surface area contributed by atoms with Gasteiger partial charge in [-0.25, -0.2) is 9.18 Å². The van der Waals surface area contributed by atoms with Crippen LogP contribution in [0.2, 0.25) is 0 Å². The summed E-state index contributed by atoms with van der Waals surface area (Å²) in [5.74, 6) is -0.599. The topological polar surface area (TPSA) is 61.6 Å². The Labute approximate surface area is 204 Å². The van der Waals surface area contributed by atoms with Gasteiger partial charge in [0.05, 0.1) is 0 Å². The highest BCUT2D eigenvalue weighted by atomic mass is 19.1. The summed E-state index contributed by atoms with van der Waals surface area (Å²) in [6.07, 6.45) is 0. The summed E-state index contributed by atoms with van der Waals surface area (Å²) in [7, 11) is 0. The molecule has 0 N–H and O–H groups in total. The molecule has 0 unspecified atom stereocenters. The third-order valence-electron chi connectivity index (χ3n) is 5.64. The number of rotatable bonds is 6. The van der Waals surface area contributed by atoms with Gasteiger partial charge in [0.1, 0.15) is 11.3 Å². The lowest BCUT2D eigenvalue weighted by Gasteiger charge is -2.19. The Balaban J connectivity index is 1.52. The van der Waals surface area contributed by atoms with Crippen LogP contribution in [-0.4, -0.2) is 23.3 Å². The molecule has 0 bridgehead atoms. The average molecular weight is 474 g/mol. The van der Waals surface area contributed by atoms with Crippen LogP contribution < -0.4 is 4.74 Å². The van der Waals surface area contributed by atoms with Crippen molar-refractivity contribution in [1.29, 1.82) is 0 Å². The number of hydrogen-bond donors (Lipinski definition) is 0. The van der Waals surface area contributed by atoms with E-state index in [1.807, 2.05) is 24.3 Å². The number of esters is 1. The van der Waals surface area contributed by atoms with Gasteiger partial charge in [0, 0.05) is 17.2 Å². The molecule has 4 rings (SSSR count). The number of halogens is 1. The van der Waals surface area contributed by atoms with E-state index in [1.165, 1.54) is 12.1 Å². The van der Waals surface area contributed by atoms with Crippen LogP contribution in [0, 0.1) is 19.7 Å². The summed E-state index contributed by atoms with van der Waals surface area (Å²) < 4.78 is 30.7. The average Bonchev–Trinajstić information content (AvgIpc) is 3.29. The first-order valence-electron chi connectivity index (χ1n) is 11.4. The van der Waals surface area contributed by atoms with Crippen molar-refractivity contribution in [2.75, 3.05) is 6.61 Å². The highest BCUT2D eigenvalue weighted by Gasteiger charge is 2.18. The van der Waals surface area contributed by atoms with Gasteiger partial charge in [-0.3, -0.25) is 0 Å². The van der Waals surface area contributed by atoms with Gasteiger partial charge in [-0.2, -0.15) is 0 Å². The van der Waals surface area contributed by atoms with Crippen LogP contribution in [0.3, 0.4) is 0 Å². The van der Waals surface area contributed by atoms with Crippen molar-refractivity contribution in [2.24, 2.45) is 0 Å². The van der Waals surface area contributed by atoms with Gasteiger partial charge in [-0.15, -0.1) is 0 Å². The fraction of sp³-hybridized carbons (Fsp3) is 0.241. The maximum atomic E-state index is 14.6. The Bertz CT molecular complexity index is 1350. The van der Waals surface area contributed by atoms with Crippen LogP contribution in [0.15, 0.2) is 71.3 Å². The highest BCUT2D eigenvalue weighted by Crippen LogP contribution is 2.35. The fourth-order valence-corrected chi connectivity index (χ4v) is 3.84. The molecule has 5 nitrogen and oxygen atoms in total. The van der Waals surface area contributed by atoms with Crippen molar-refractivity contribution in [3.63, 3.8) is 0 Å². The van der Waals surface area contributed by atoms with Gasteiger partial charge in [-0.1, -0.05) is 47.6 Å². The van der Waals surface area contributed by atoms with Crippen LogP contribution in [0.4, 0.5) is 4.39 Å². The minimum absolute atomic E-state index is 0.0358. The minimum atomic E-state index is -0.633. The van der Waals surface area contributed by atoms with Crippen molar-refractivity contribution in [2.45, 2.75) is 40.2 Å². The first-order valence-corrected chi connectivity index (χ1v) is 11.4. The van der Waals surface area contributed by atoms with Crippen molar-refractivity contribution in [3.8, 4) is 39.5 Å². The van der Waals surface area contributed by atoms with Gasteiger partial charge in [0.25, 0.3) is 0 Å². The number of hydrogen-bond acceptors (Lipinski definition) is 5. The van der Waals surface area contributed by atoms with E-state index >= 15 is 0 Å². The number of benzene rings is 3. The molecule has 0 fully saturated rings. The lowest BCUT2D eigenvalue weighted by atomic mass is 9.92. The molecular weight excluding hydrogens is 445 g/mol. The molecule has 0 atom stereocenters. The molecular formula is C29H28FNO4. The summed E-state index contributed by atoms with van der Waals surface area (Å²) in [5.41, 5.74) is 5.90. The van der Waals surface area contributed by atoms with Gasteiger partial charge in [0.2, 0.25) is 0 Å². The Hall–Kier alpha value is -3.93. The molecule has 4 aromatic rings. The van der Waals surface area contributed by atoms with Crippen LogP contribution in [-0.2, 0) is 9.53 Å². The Kier molecular flexibility index (Phi) is 6.74. The number of ether oxygens (including phenoxy) is 2. The first-order chi connectivity index (χ1) is 16.6. The lowest BCUT2D eigenvalue weighted by Crippen LogP contribution is -2.27. The van der Waals surface area contributed by atoms with E-state index in [9.17, 15) is 9.18 Å². The molecule has 0 spiro atoms. The normalized spacial score (nSPS) is 11.4. The van der Waals surface area contributed by atoms with E-state index in [2.05, 4.69) is 37.2 Å². The van der Waals surface area contributed by atoms with Gasteiger partial charge in [-0.05, 0) is 75.1 Å². The minimum Gasteiger partial charge on any atom is -0.479 e. The quantitative estimate of drug-likeness (QED) is 0.278. The molecule has 0 aliphatic rings. The molecule has 0 amide bonds. The summed E-state index contributed by atoms with van der Waals surface area (Å²) in [6, 6.07) is 20.5. The fourth-order valence-electron chi connectivity index (χ4n) is 3.84. The summed E-state index contributed by atoms with van der Waals surface area (Å²) in [5, 5.41) is 4.14. The molecule has 0 saturated heterocycles. The predicted molar refractivity (Wildman–Crippen MR) is 134 cm³/mol. The maximum Gasteiger partial charge on any atom is 0.344 e. The third kappa shape index (κ3) is 5.60. The molecule has 1 aromatic heterocycles. The van der Waals surface area contributed by atoms with Crippen LogP contribution in [0.1, 0.15) is 31.9 Å².